The maximum Gasteiger partial charge on any atom is 0.310 e. The average molecular weight is 224 g/mol. The van der Waals surface area contributed by atoms with Crippen LogP contribution in [0.3, 0.4) is 0 Å². The van der Waals surface area contributed by atoms with Crippen molar-refractivity contribution >= 4 is 14.0 Å². The van der Waals surface area contributed by atoms with Crippen LogP contribution in [0.25, 0.3) is 0 Å². The average Bonchev–Trinajstić information content (AvgIpc) is 2.12. The van der Waals surface area contributed by atoms with Crippen LogP contribution in [0.1, 0.15) is 19.3 Å². The summed E-state index contributed by atoms with van der Waals surface area (Å²) in [4.78, 5) is 11.5. The zero-order valence-corrected chi connectivity index (χ0v) is 10.8. The Morgan fingerprint density at radius 3 is 2.53 bits per heavy atom. The smallest absolute Gasteiger partial charge is 0.310 e. The van der Waals surface area contributed by atoms with Crippen LogP contribution < -0.4 is 0 Å². The summed E-state index contributed by atoms with van der Waals surface area (Å²) in [6.45, 7) is 6.80. The second kappa shape index (κ2) is 3.78. The lowest BCUT2D eigenvalue weighted by atomic mass is 9.85. The molecule has 0 N–H and O–H groups in total. The Kier molecular flexibility index (Phi) is 2.75. The van der Waals surface area contributed by atoms with E-state index in [9.17, 15) is 4.79 Å². The molecule has 0 aromatic carbocycles. The van der Waals surface area contributed by atoms with Gasteiger partial charge >= 0.3 is 5.97 Å². The van der Waals surface area contributed by atoms with E-state index in [4.69, 9.17) is 4.74 Å². The van der Waals surface area contributed by atoms with Gasteiger partial charge in [-0.3, -0.25) is 4.79 Å². The summed E-state index contributed by atoms with van der Waals surface area (Å²) in [7, 11) is -1.38. The quantitative estimate of drug-likeness (QED) is 0.409. The summed E-state index contributed by atoms with van der Waals surface area (Å²) >= 11 is 0. The highest BCUT2D eigenvalue weighted by atomic mass is 28.3. The zero-order chi connectivity index (χ0) is 11.1. The molecule has 1 aliphatic heterocycles. The van der Waals surface area contributed by atoms with Crippen molar-refractivity contribution in [2.24, 2.45) is 5.92 Å². The number of ether oxygens (including phenoxy) is 1. The van der Waals surface area contributed by atoms with Crippen molar-refractivity contribution in [3.05, 3.63) is 12.2 Å². The molecule has 0 aromatic rings. The molecule has 0 bridgehead atoms. The SMILES string of the molecule is C[Si](C)(C)C1C(=O)OC1C1CC=CCC1. The van der Waals surface area contributed by atoms with Gasteiger partial charge in [0.15, 0.2) is 0 Å². The van der Waals surface area contributed by atoms with Gasteiger partial charge in [-0.25, -0.2) is 0 Å². The lowest BCUT2D eigenvalue weighted by molar-refractivity contribution is -0.175. The lowest BCUT2D eigenvalue weighted by Crippen LogP contribution is -2.55. The van der Waals surface area contributed by atoms with E-state index < -0.39 is 8.07 Å². The van der Waals surface area contributed by atoms with Crippen LogP contribution in [0.2, 0.25) is 25.2 Å². The molecule has 1 aliphatic carbocycles. The van der Waals surface area contributed by atoms with E-state index in [0.717, 1.165) is 12.8 Å². The maximum atomic E-state index is 11.5. The molecular formula is C12H20O2Si. The van der Waals surface area contributed by atoms with Crippen LogP contribution in [0.15, 0.2) is 12.2 Å². The molecular weight excluding hydrogens is 204 g/mol. The molecule has 3 heteroatoms. The van der Waals surface area contributed by atoms with Crippen molar-refractivity contribution in [2.45, 2.75) is 50.5 Å². The first-order chi connectivity index (χ1) is 7.00. The fraction of sp³-hybridized carbons (Fsp3) is 0.750. The van der Waals surface area contributed by atoms with Gasteiger partial charge in [0.25, 0.3) is 0 Å². The molecule has 0 aromatic heterocycles. The van der Waals surface area contributed by atoms with Gasteiger partial charge in [-0.1, -0.05) is 31.8 Å². The molecule has 3 unspecified atom stereocenters. The fourth-order valence-corrected chi connectivity index (χ4v) is 4.77. The van der Waals surface area contributed by atoms with Crippen LogP contribution in [0.4, 0.5) is 0 Å². The molecule has 1 heterocycles. The Morgan fingerprint density at radius 1 is 1.33 bits per heavy atom. The summed E-state index contributed by atoms with van der Waals surface area (Å²) in [5, 5.41) is 0. The van der Waals surface area contributed by atoms with Crippen LogP contribution in [-0.2, 0) is 9.53 Å². The Bertz CT molecular complexity index is 290. The number of esters is 1. The molecule has 84 valence electrons. The van der Waals surface area contributed by atoms with Crippen molar-refractivity contribution in [1.29, 1.82) is 0 Å². The standard InChI is InChI=1S/C12H20O2Si/c1-15(2,3)11-10(14-12(11)13)9-7-5-4-6-8-9/h4-5,9-11H,6-8H2,1-3H3. The van der Waals surface area contributed by atoms with E-state index in [1.807, 2.05) is 0 Å². The highest BCUT2D eigenvalue weighted by Gasteiger charge is 2.52. The first-order valence-corrected chi connectivity index (χ1v) is 9.43. The van der Waals surface area contributed by atoms with Crippen LogP contribution >= 0.6 is 0 Å². The maximum absolute atomic E-state index is 11.5. The Labute approximate surface area is 92.7 Å². The summed E-state index contributed by atoms with van der Waals surface area (Å²) < 4.78 is 5.38. The van der Waals surface area contributed by atoms with Crippen molar-refractivity contribution < 1.29 is 9.53 Å². The molecule has 0 saturated carbocycles. The topological polar surface area (TPSA) is 26.3 Å². The molecule has 1 saturated heterocycles. The highest BCUT2D eigenvalue weighted by Crippen LogP contribution is 2.44. The summed E-state index contributed by atoms with van der Waals surface area (Å²) in [5.74, 6) is 0.651. The van der Waals surface area contributed by atoms with Gasteiger partial charge in [0.05, 0.1) is 13.6 Å². The van der Waals surface area contributed by atoms with E-state index >= 15 is 0 Å². The highest BCUT2D eigenvalue weighted by molar-refractivity contribution is 6.81. The van der Waals surface area contributed by atoms with Gasteiger partial charge < -0.3 is 4.74 Å². The first-order valence-electron chi connectivity index (χ1n) is 5.85. The molecule has 0 radical (unpaired) electrons. The monoisotopic (exact) mass is 224 g/mol. The molecule has 2 rings (SSSR count). The van der Waals surface area contributed by atoms with Crippen molar-refractivity contribution in [3.8, 4) is 0 Å². The van der Waals surface area contributed by atoms with Crippen molar-refractivity contribution in [2.75, 3.05) is 0 Å². The minimum absolute atomic E-state index is 0.0636. The first kappa shape index (κ1) is 10.9. The van der Waals surface area contributed by atoms with Crippen molar-refractivity contribution in [1.82, 2.24) is 0 Å². The third-order valence-corrected chi connectivity index (χ3v) is 5.97. The van der Waals surface area contributed by atoms with Gasteiger partial charge in [0.1, 0.15) is 6.10 Å². The van der Waals surface area contributed by atoms with E-state index in [1.54, 1.807) is 0 Å². The molecule has 2 nitrogen and oxygen atoms in total. The summed E-state index contributed by atoms with van der Waals surface area (Å²) in [5.41, 5.74) is 0.244. The zero-order valence-electron chi connectivity index (χ0n) is 9.82. The third-order valence-electron chi connectivity index (χ3n) is 3.54. The number of carbonyl (C=O) groups is 1. The summed E-state index contributed by atoms with van der Waals surface area (Å²) in [6, 6.07) is 0. The molecule has 0 amide bonds. The minimum atomic E-state index is -1.38. The molecule has 0 spiro atoms. The number of hydrogen-bond acceptors (Lipinski definition) is 2. The second-order valence-corrected chi connectivity index (χ2v) is 11.1. The van der Waals surface area contributed by atoms with Gasteiger partial charge in [0, 0.05) is 5.92 Å². The number of allylic oxidation sites excluding steroid dienone is 2. The van der Waals surface area contributed by atoms with E-state index in [-0.39, 0.29) is 17.6 Å². The second-order valence-electron chi connectivity index (χ2n) is 5.79. The van der Waals surface area contributed by atoms with Gasteiger partial charge in [-0.2, -0.15) is 0 Å². The fourth-order valence-electron chi connectivity index (χ4n) is 2.67. The predicted octanol–water partition coefficient (Wildman–Crippen LogP) is 2.98. The molecule has 3 atom stereocenters. The Morgan fingerprint density at radius 2 is 2.07 bits per heavy atom. The molecule has 15 heavy (non-hydrogen) atoms. The summed E-state index contributed by atoms with van der Waals surface area (Å²) in [6.07, 6.45) is 8.14. The number of hydrogen-bond donors (Lipinski definition) is 0. The van der Waals surface area contributed by atoms with Gasteiger partial charge in [-0.05, 0) is 19.3 Å². The largest absolute Gasteiger partial charge is 0.461 e. The van der Waals surface area contributed by atoms with E-state index in [1.165, 1.54) is 6.42 Å². The van der Waals surface area contributed by atoms with E-state index in [0.29, 0.717) is 5.92 Å². The van der Waals surface area contributed by atoms with Crippen LogP contribution in [0.5, 0.6) is 0 Å². The van der Waals surface area contributed by atoms with Gasteiger partial charge in [0.2, 0.25) is 0 Å². The number of cyclic esters (lactones) is 1. The van der Waals surface area contributed by atoms with Crippen LogP contribution in [0, 0.1) is 5.92 Å². The minimum Gasteiger partial charge on any atom is -0.461 e. The van der Waals surface area contributed by atoms with Crippen molar-refractivity contribution in [3.63, 3.8) is 0 Å². The Hall–Kier alpha value is -0.573. The molecule has 1 fully saturated rings. The van der Waals surface area contributed by atoms with Crippen LogP contribution in [-0.4, -0.2) is 20.1 Å². The Balaban J connectivity index is 2.05. The lowest BCUT2D eigenvalue weighted by Gasteiger charge is -2.46. The normalized spacial score (nSPS) is 35.9. The third kappa shape index (κ3) is 2.02. The number of carbonyl (C=O) groups excluding carboxylic acids is 1. The molecule has 2 aliphatic rings. The van der Waals surface area contributed by atoms with E-state index in [2.05, 4.69) is 31.8 Å². The number of rotatable bonds is 2. The predicted molar refractivity (Wildman–Crippen MR) is 63.5 cm³/mol. The van der Waals surface area contributed by atoms with Gasteiger partial charge in [-0.15, -0.1) is 0 Å².